The van der Waals surface area contributed by atoms with Crippen LogP contribution in [-0.4, -0.2) is 556 Å². The Morgan fingerprint density at radius 2 is 0.448 bits per heavy atom. The van der Waals surface area contributed by atoms with Crippen LogP contribution in [0.5, 0.6) is 0 Å². The zero-order valence-electron chi connectivity index (χ0n) is 69.2. The minimum Gasteiger partial charge on any atom is -0.480 e. The van der Waals surface area contributed by atoms with E-state index in [-0.39, 0.29) is 84.8 Å². The number of esters is 4. The number of carboxylic acid groups (broad SMARTS) is 4. The number of aliphatic hydroxyl groups is 18. The van der Waals surface area contributed by atoms with Crippen molar-refractivity contribution in [3.8, 4) is 0 Å². The summed E-state index contributed by atoms with van der Waals surface area (Å²) in [5.41, 5.74) is -10.4. The van der Waals surface area contributed by atoms with Crippen LogP contribution in [0.4, 0.5) is 0 Å². The molecule has 2 aliphatic rings. The fourth-order valence-corrected chi connectivity index (χ4v) is 10.9. The van der Waals surface area contributed by atoms with Gasteiger partial charge < -0.3 is 169 Å². The van der Waals surface area contributed by atoms with E-state index in [0.717, 1.165) is 19.6 Å². The highest BCUT2D eigenvalue weighted by Crippen LogP contribution is 2.13. The van der Waals surface area contributed by atoms with Gasteiger partial charge in [0.2, 0.25) is 47.3 Å². The molecule has 55 nitrogen and oxygen atoms in total. The summed E-state index contributed by atoms with van der Waals surface area (Å²) < 4.78 is 8.85. The average molecular weight is 1820 g/mol. The van der Waals surface area contributed by atoms with Crippen molar-refractivity contribution in [2.75, 3.05) is 276 Å². The summed E-state index contributed by atoms with van der Waals surface area (Å²) in [5.74, 6) is -14.2. The highest BCUT2D eigenvalue weighted by molar-refractivity contribution is 5.91. The molecule has 2 heterocycles. The number of morpholine rings is 2. The van der Waals surface area contributed by atoms with Crippen molar-refractivity contribution in [2.24, 2.45) is 0 Å². The van der Waals surface area contributed by atoms with Crippen molar-refractivity contribution in [2.45, 2.75) is 71.8 Å². The van der Waals surface area contributed by atoms with Crippen molar-refractivity contribution in [3.63, 3.8) is 0 Å². The third-order valence-corrected chi connectivity index (χ3v) is 19.0. The quantitative estimate of drug-likeness (QED) is 0.0153. The molecular formula is C70H125N15O40. The van der Waals surface area contributed by atoms with Crippen molar-refractivity contribution < 1.29 is 199 Å². The van der Waals surface area contributed by atoms with E-state index in [1.807, 2.05) is 0 Å². The number of amides is 8. The minimum absolute atomic E-state index is 0.00275. The molecular weight excluding hydrogens is 1690 g/mol. The Kier molecular flexibility index (Phi) is 56.9. The van der Waals surface area contributed by atoms with Crippen LogP contribution in [-0.2, 0) is 86.2 Å². The van der Waals surface area contributed by atoms with Crippen molar-refractivity contribution in [1.82, 2.24) is 76.4 Å². The number of hydrogen-bond acceptors (Lipinski definition) is 43. The van der Waals surface area contributed by atoms with Crippen LogP contribution in [0.2, 0.25) is 0 Å². The van der Waals surface area contributed by atoms with E-state index in [9.17, 15) is 153 Å². The molecule has 0 radical (unpaired) electrons. The van der Waals surface area contributed by atoms with Gasteiger partial charge in [0, 0.05) is 130 Å². The van der Waals surface area contributed by atoms with E-state index >= 15 is 0 Å². The van der Waals surface area contributed by atoms with E-state index < -0.39 is 332 Å². The molecule has 55 heteroatoms. The Morgan fingerprint density at radius 3 is 0.648 bits per heavy atom. The molecule has 0 bridgehead atoms. The molecule has 125 heavy (non-hydrogen) atoms. The van der Waals surface area contributed by atoms with Gasteiger partial charge in [-0.25, -0.2) is 0 Å². The molecule has 8 amide bonds. The summed E-state index contributed by atoms with van der Waals surface area (Å²) in [6.45, 7) is -20.3. The van der Waals surface area contributed by atoms with Gasteiger partial charge >= 0.3 is 47.8 Å². The normalized spacial score (nSPS) is 13.7. The number of aliphatic carboxylic acids is 4. The lowest BCUT2D eigenvalue weighted by molar-refractivity contribution is -0.168. The topological polar surface area (TPSA) is 847 Å². The third kappa shape index (κ3) is 45.8. The van der Waals surface area contributed by atoms with E-state index in [4.69, 9.17) is 35.7 Å². The number of hydrogen-bond donors (Lipinski definition) is 29. The second kappa shape index (κ2) is 61.3. The van der Waals surface area contributed by atoms with Gasteiger partial charge in [0.05, 0.1) is 184 Å². The maximum absolute atomic E-state index is 13.8. The first kappa shape index (κ1) is 116. The van der Waals surface area contributed by atoms with Gasteiger partial charge in [-0.2, -0.15) is 0 Å². The lowest BCUT2D eigenvalue weighted by Crippen LogP contribution is -2.58. The highest BCUT2D eigenvalue weighted by Gasteiger charge is 2.38. The number of cyclic esters (lactones) is 4. The van der Waals surface area contributed by atoms with Gasteiger partial charge in [0.15, 0.2) is 0 Å². The Balaban J connectivity index is 0.00000246. The van der Waals surface area contributed by atoms with Gasteiger partial charge in [-0.1, -0.05) is 0 Å². The fraction of sp³-hybridized carbons (Fsp3) is 0.771. The zero-order chi connectivity index (χ0) is 95.2. The molecule has 0 aromatic carbocycles. The number of aliphatic hydroxyl groups excluding tert-OH is 18. The summed E-state index contributed by atoms with van der Waals surface area (Å²) in [7, 11) is 0. The molecule has 0 unspecified atom stereocenters. The van der Waals surface area contributed by atoms with Gasteiger partial charge in [-0.15, -0.1) is 0 Å². The summed E-state index contributed by atoms with van der Waals surface area (Å²) in [6, 6.07) is 0. The smallest absolute Gasteiger partial charge is 0.327 e. The second-order valence-electron chi connectivity index (χ2n) is 29.5. The fourth-order valence-electron chi connectivity index (χ4n) is 10.9. The number of carbonyl (C=O) groups is 16. The van der Waals surface area contributed by atoms with Crippen LogP contribution in [0, 0.1) is 0 Å². The van der Waals surface area contributed by atoms with E-state index in [1.165, 1.54) is 4.90 Å². The Labute approximate surface area is 715 Å². The number of nitrogens with zero attached hydrogens (tertiary/aromatic N) is 8. The first-order valence-electron chi connectivity index (χ1n) is 38.8. The number of rotatable bonds is 66. The van der Waals surface area contributed by atoms with Crippen molar-refractivity contribution >= 4 is 95.0 Å². The molecule has 2 rings (SSSR count). The van der Waals surface area contributed by atoms with Crippen LogP contribution >= 0.6 is 0 Å². The van der Waals surface area contributed by atoms with Gasteiger partial charge in [0.1, 0.15) is 33.2 Å². The molecule has 0 spiro atoms. The predicted molar refractivity (Wildman–Crippen MR) is 418 cm³/mol. The largest absolute Gasteiger partial charge is 0.480 e. The molecule has 2 fully saturated rings. The maximum atomic E-state index is 13.8. The van der Waals surface area contributed by atoms with Crippen LogP contribution < -0.4 is 37.2 Å². The van der Waals surface area contributed by atoms with Gasteiger partial charge in [0.25, 0.3) is 0 Å². The molecule has 0 aromatic heterocycles. The van der Waals surface area contributed by atoms with Gasteiger partial charge in [-0.3, -0.25) is 106 Å². The third-order valence-electron chi connectivity index (χ3n) is 19.0. The molecule has 720 valence electrons. The summed E-state index contributed by atoms with van der Waals surface area (Å²) in [5, 5.41) is 225. The maximum Gasteiger partial charge on any atom is 0.327 e. The van der Waals surface area contributed by atoms with E-state index in [0.29, 0.717) is 26.2 Å². The van der Waals surface area contributed by atoms with Crippen molar-refractivity contribution in [3.05, 3.63) is 0 Å². The Bertz CT molecular complexity index is 3010. The van der Waals surface area contributed by atoms with E-state index in [2.05, 4.69) is 46.7 Å². The molecule has 0 aromatic rings. The first-order chi connectivity index (χ1) is 59.0. The van der Waals surface area contributed by atoms with Crippen LogP contribution in [0.1, 0.15) is 38.5 Å². The molecule has 0 saturated carbocycles. The standard InChI is InChI=1S/C42H77N9O24.C14H19N3O8.C14H29N3O8/c52-18-39(19-53,20-54)43-30(64)1-5-50(6-2-31(65)44-40(21-55,22-56)23-57)34(68)13-48(16-37(72)73)11-9-47(15-36(70)71)10-12-49(17-38(74)75)14-35(69)51(7-3-32(66)45-41(24-58,25-59)26-60)8-4-33(67)46-42(27-61,28-62)29-63;18-10(19)5-15(1-3-16-6-11(20)24-12(21)7-16)2-4-17-8-13(22)25-14(23)9-17;18-5-13(6-19,7-20)16-11(24)1-3-15-4-2-12(25)17-14(8-21,9-22)10-23/h52-63H,1-29H2,(H,43,64)(H,44,65)(H,45,66)(H,46,67)(H,70,71)(H,72,73)(H,74,75);1-9H2,(H,18,19);15,18-23H,1-10H2,(H,16,24)(H,17,25). The number of ether oxygens (including phenoxy) is 2. The lowest BCUT2D eigenvalue weighted by Gasteiger charge is -2.32. The molecule has 29 N–H and O–H groups in total. The molecule has 0 aliphatic carbocycles. The average Bonchev–Trinajstić information content (AvgIpc) is 0.872. The minimum atomic E-state index is -1.85. The van der Waals surface area contributed by atoms with Crippen LogP contribution in [0.3, 0.4) is 0 Å². The number of carboxylic acids is 4. The lowest BCUT2D eigenvalue weighted by atomic mass is 10.0. The SMILES string of the molecule is O=C(CCNCCC(=O)NC(CO)(CO)CO)NC(CO)(CO)CO.O=C(O)CN(CCN(CC(=O)O)CC(=O)N(CCC(=O)NC(CO)(CO)CO)CCC(=O)NC(CO)(CO)CO)CCN(CC(=O)O)CC(=O)N(CCC(=O)NC(CO)(CO)CO)CCC(=O)NC(CO)(CO)CO.O=C(O)CN(CCN1CC(=O)OC(=O)C1)CCN1CC(=O)OC(=O)C1. The van der Waals surface area contributed by atoms with Gasteiger partial charge in [-0.05, 0) is 0 Å². The molecule has 2 aliphatic heterocycles. The molecule has 2 saturated heterocycles. The first-order valence-corrected chi connectivity index (χ1v) is 38.8. The second-order valence-corrected chi connectivity index (χ2v) is 29.5. The summed E-state index contributed by atoms with van der Waals surface area (Å²) in [4.78, 5) is 204. The molecule has 0 atom stereocenters. The zero-order valence-corrected chi connectivity index (χ0v) is 69.2. The van der Waals surface area contributed by atoms with Crippen molar-refractivity contribution in [1.29, 1.82) is 0 Å². The number of nitrogens with one attached hydrogen (secondary N) is 7. The van der Waals surface area contributed by atoms with E-state index in [1.54, 1.807) is 14.7 Å². The monoisotopic (exact) mass is 1820 g/mol. The van der Waals surface area contributed by atoms with Crippen LogP contribution in [0.25, 0.3) is 0 Å². The number of carbonyl (C=O) groups excluding carboxylic acids is 12. The summed E-state index contributed by atoms with van der Waals surface area (Å²) >= 11 is 0. The Hall–Kier alpha value is -9.08. The summed E-state index contributed by atoms with van der Waals surface area (Å²) in [6.07, 6.45) is -2.26. The van der Waals surface area contributed by atoms with Crippen LogP contribution in [0.15, 0.2) is 0 Å². The Morgan fingerprint density at radius 1 is 0.264 bits per heavy atom. The highest BCUT2D eigenvalue weighted by atomic mass is 16.6. The predicted octanol–water partition coefficient (Wildman–Crippen LogP) is -20.1.